The predicted molar refractivity (Wildman–Crippen MR) is 57.2 cm³/mol. The fourth-order valence-corrected chi connectivity index (χ4v) is 1.41. The standard InChI is InChI=1S/C13H10FO/c1-15-11-8-6-10(7-9-11)12-4-2-3-5-13(12)14/h2-4,6-9H,1H3. The molecule has 0 aliphatic rings. The van der Waals surface area contributed by atoms with E-state index in [1.807, 2.05) is 24.3 Å². The Morgan fingerprint density at radius 1 is 1.13 bits per heavy atom. The van der Waals surface area contributed by atoms with Gasteiger partial charge in [0.15, 0.2) is 0 Å². The first-order valence-corrected chi connectivity index (χ1v) is 4.62. The molecule has 0 spiro atoms. The van der Waals surface area contributed by atoms with Gasteiger partial charge >= 0.3 is 0 Å². The van der Waals surface area contributed by atoms with Crippen LogP contribution in [0.3, 0.4) is 0 Å². The van der Waals surface area contributed by atoms with Gasteiger partial charge in [0.25, 0.3) is 0 Å². The summed E-state index contributed by atoms with van der Waals surface area (Å²) in [6.07, 6.45) is 0. The van der Waals surface area contributed by atoms with Crippen LogP contribution in [0.5, 0.6) is 5.75 Å². The van der Waals surface area contributed by atoms with Crippen LogP contribution in [-0.4, -0.2) is 7.11 Å². The van der Waals surface area contributed by atoms with Crippen LogP contribution in [0.15, 0.2) is 42.5 Å². The summed E-state index contributed by atoms with van der Waals surface area (Å²) in [5.74, 6) is 0.432. The lowest BCUT2D eigenvalue weighted by Crippen LogP contribution is -1.85. The van der Waals surface area contributed by atoms with E-state index in [-0.39, 0.29) is 5.82 Å². The summed E-state index contributed by atoms with van der Waals surface area (Å²) in [4.78, 5) is 0. The Morgan fingerprint density at radius 2 is 1.87 bits per heavy atom. The van der Waals surface area contributed by atoms with Crippen molar-refractivity contribution in [3.63, 3.8) is 0 Å². The van der Waals surface area contributed by atoms with Gasteiger partial charge in [0, 0.05) is 11.6 Å². The van der Waals surface area contributed by atoms with Crippen molar-refractivity contribution in [1.29, 1.82) is 0 Å². The van der Waals surface area contributed by atoms with Gasteiger partial charge in [0.2, 0.25) is 0 Å². The van der Waals surface area contributed by atoms with Gasteiger partial charge in [-0.1, -0.05) is 30.3 Å². The van der Waals surface area contributed by atoms with E-state index >= 15 is 0 Å². The zero-order chi connectivity index (χ0) is 10.7. The first-order valence-electron chi connectivity index (χ1n) is 4.62. The van der Waals surface area contributed by atoms with Crippen molar-refractivity contribution in [2.24, 2.45) is 0 Å². The van der Waals surface area contributed by atoms with Crippen LogP contribution in [0.25, 0.3) is 11.1 Å². The van der Waals surface area contributed by atoms with E-state index in [1.54, 1.807) is 25.3 Å². The van der Waals surface area contributed by atoms with Gasteiger partial charge in [-0.05, 0) is 17.7 Å². The maximum atomic E-state index is 13.4. The Labute approximate surface area is 88.1 Å². The van der Waals surface area contributed by atoms with E-state index < -0.39 is 0 Å². The second-order valence-corrected chi connectivity index (χ2v) is 3.13. The number of hydrogen-bond donors (Lipinski definition) is 0. The summed E-state index contributed by atoms with van der Waals surface area (Å²) < 4.78 is 18.4. The van der Waals surface area contributed by atoms with Crippen molar-refractivity contribution in [2.75, 3.05) is 7.11 Å². The Hall–Kier alpha value is -1.83. The number of ether oxygens (including phenoxy) is 1. The first kappa shape index (κ1) is 9.71. The predicted octanol–water partition coefficient (Wildman–Crippen LogP) is 3.30. The second-order valence-electron chi connectivity index (χ2n) is 3.13. The quantitative estimate of drug-likeness (QED) is 0.724. The molecule has 0 saturated heterocycles. The second kappa shape index (κ2) is 4.13. The summed E-state index contributed by atoms with van der Waals surface area (Å²) in [5.41, 5.74) is 1.38. The number of hydrogen-bond acceptors (Lipinski definition) is 1. The lowest BCUT2D eigenvalue weighted by atomic mass is 10.1. The monoisotopic (exact) mass is 201 g/mol. The molecule has 15 heavy (non-hydrogen) atoms. The molecule has 0 aliphatic heterocycles. The molecule has 0 aliphatic carbocycles. The third kappa shape index (κ3) is 1.99. The van der Waals surface area contributed by atoms with Gasteiger partial charge in [-0.15, -0.1) is 0 Å². The first-order chi connectivity index (χ1) is 7.31. The molecule has 0 aromatic heterocycles. The lowest BCUT2D eigenvalue weighted by molar-refractivity contribution is 0.415. The topological polar surface area (TPSA) is 9.23 Å². The minimum absolute atomic E-state index is 0.331. The zero-order valence-corrected chi connectivity index (χ0v) is 8.33. The molecule has 1 radical (unpaired) electrons. The molecular formula is C13H10FO. The number of methoxy groups -OCH3 is 1. The fourth-order valence-electron chi connectivity index (χ4n) is 1.41. The minimum Gasteiger partial charge on any atom is -0.497 e. The summed E-state index contributed by atoms with van der Waals surface area (Å²) >= 11 is 0. The molecule has 0 bridgehead atoms. The smallest absolute Gasteiger partial charge is 0.138 e. The third-order valence-corrected chi connectivity index (χ3v) is 2.21. The van der Waals surface area contributed by atoms with Crippen LogP contribution in [0, 0.1) is 11.9 Å². The van der Waals surface area contributed by atoms with E-state index in [9.17, 15) is 4.39 Å². The zero-order valence-electron chi connectivity index (χ0n) is 8.33. The van der Waals surface area contributed by atoms with Gasteiger partial charge < -0.3 is 4.74 Å². The minimum atomic E-state index is -0.331. The highest BCUT2D eigenvalue weighted by molar-refractivity contribution is 5.64. The van der Waals surface area contributed by atoms with Gasteiger partial charge in [0.05, 0.1) is 7.11 Å². The normalized spacial score (nSPS) is 10.0. The molecule has 0 amide bonds. The summed E-state index contributed by atoms with van der Waals surface area (Å²) in [5, 5.41) is 0. The number of halogens is 1. The molecule has 2 aromatic carbocycles. The average Bonchev–Trinajstić information content (AvgIpc) is 2.30. The highest BCUT2D eigenvalue weighted by Crippen LogP contribution is 2.24. The molecule has 0 N–H and O–H groups in total. The van der Waals surface area contributed by atoms with Gasteiger partial charge in [0.1, 0.15) is 11.6 Å². The Morgan fingerprint density at radius 3 is 2.47 bits per heavy atom. The Bertz CT molecular complexity index is 448. The van der Waals surface area contributed by atoms with Crippen molar-refractivity contribution in [1.82, 2.24) is 0 Å². The number of rotatable bonds is 2. The highest BCUT2D eigenvalue weighted by atomic mass is 19.1. The van der Waals surface area contributed by atoms with E-state index in [1.165, 1.54) is 0 Å². The molecule has 0 heterocycles. The van der Waals surface area contributed by atoms with Crippen LogP contribution in [0.2, 0.25) is 0 Å². The maximum absolute atomic E-state index is 13.4. The van der Waals surface area contributed by atoms with Gasteiger partial charge in [-0.3, -0.25) is 0 Å². The van der Waals surface area contributed by atoms with E-state index in [2.05, 4.69) is 6.07 Å². The van der Waals surface area contributed by atoms with Crippen molar-refractivity contribution >= 4 is 0 Å². The van der Waals surface area contributed by atoms with Gasteiger partial charge in [-0.2, -0.15) is 0 Å². The summed E-state index contributed by atoms with van der Waals surface area (Å²) in [6.45, 7) is 0. The maximum Gasteiger partial charge on any atom is 0.138 e. The molecule has 2 rings (SSSR count). The Balaban J connectivity index is 2.42. The Kier molecular flexibility index (Phi) is 2.68. The van der Waals surface area contributed by atoms with Crippen molar-refractivity contribution in [3.8, 4) is 16.9 Å². The van der Waals surface area contributed by atoms with Crippen LogP contribution in [-0.2, 0) is 0 Å². The molecule has 0 atom stereocenters. The molecule has 0 fully saturated rings. The van der Waals surface area contributed by atoms with Crippen molar-refractivity contribution in [3.05, 3.63) is 54.3 Å². The van der Waals surface area contributed by atoms with Crippen molar-refractivity contribution in [2.45, 2.75) is 0 Å². The molecule has 2 aromatic rings. The van der Waals surface area contributed by atoms with E-state index in [0.717, 1.165) is 11.3 Å². The molecule has 75 valence electrons. The third-order valence-electron chi connectivity index (χ3n) is 2.21. The average molecular weight is 201 g/mol. The lowest BCUT2D eigenvalue weighted by Gasteiger charge is -2.04. The molecule has 0 unspecified atom stereocenters. The number of benzene rings is 2. The van der Waals surface area contributed by atoms with Crippen LogP contribution in [0.4, 0.5) is 4.39 Å². The van der Waals surface area contributed by atoms with Crippen LogP contribution >= 0.6 is 0 Å². The summed E-state index contributed by atoms with van der Waals surface area (Å²) in [7, 11) is 1.60. The SMILES string of the molecule is COc1ccc(-c2ccc[c]c2F)cc1. The molecule has 1 nitrogen and oxygen atoms in total. The van der Waals surface area contributed by atoms with Gasteiger partial charge in [-0.25, -0.2) is 4.39 Å². The molecular weight excluding hydrogens is 191 g/mol. The van der Waals surface area contributed by atoms with E-state index in [0.29, 0.717) is 5.56 Å². The van der Waals surface area contributed by atoms with Crippen molar-refractivity contribution < 1.29 is 9.13 Å². The summed E-state index contributed by atoms with van der Waals surface area (Å²) in [6, 6.07) is 14.8. The largest absolute Gasteiger partial charge is 0.497 e. The fraction of sp³-hybridized carbons (Fsp3) is 0.0769. The van der Waals surface area contributed by atoms with Crippen LogP contribution in [0.1, 0.15) is 0 Å². The highest BCUT2D eigenvalue weighted by Gasteiger charge is 2.03. The molecule has 2 heteroatoms. The molecule has 0 saturated carbocycles. The van der Waals surface area contributed by atoms with Crippen LogP contribution < -0.4 is 4.74 Å². The van der Waals surface area contributed by atoms with E-state index in [4.69, 9.17) is 4.74 Å².